The van der Waals surface area contributed by atoms with Crippen molar-refractivity contribution in [2.45, 2.75) is 56.3 Å². The third-order valence-corrected chi connectivity index (χ3v) is 7.56. The molecule has 2 N–H and O–H groups in total. The van der Waals surface area contributed by atoms with Crippen LogP contribution in [0.1, 0.15) is 48.4 Å². The fourth-order valence-corrected chi connectivity index (χ4v) is 6.04. The Labute approximate surface area is 141 Å². The van der Waals surface area contributed by atoms with Crippen LogP contribution >= 0.6 is 11.3 Å². The lowest BCUT2D eigenvalue weighted by atomic mass is 9.73. The van der Waals surface area contributed by atoms with E-state index in [1.165, 1.54) is 11.3 Å². The molecule has 0 radical (unpaired) electrons. The van der Waals surface area contributed by atoms with E-state index in [-0.39, 0.29) is 10.3 Å². The highest BCUT2D eigenvalue weighted by Crippen LogP contribution is 2.41. The van der Waals surface area contributed by atoms with Crippen LogP contribution in [0.3, 0.4) is 0 Å². The zero-order valence-corrected chi connectivity index (χ0v) is 15.2. The summed E-state index contributed by atoms with van der Waals surface area (Å²) in [5, 5.41) is 8.83. The maximum Gasteiger partial charge on any atom is 0.244 e. The second-order valence-electron chi connectivity index (χ2n) is 6.41. The van der Waals surface area contributed by atoms with Crippen LogP contribution in [0.2, 0.25) is 0 Å². The normalized spacial score (nSPS) is 18.2. The highest BCUT2D eigenvalue weighted by atomic mass is 32.2. The van der Waals surface area contributed by atoms with Gasteiger partial charge in [0.25, 0.3) is 0 Å². The maximum absolute atomic E-state index is 12.7. The molecule has 1 saturated carbocycles. The van der Waals surface area contributed by atoms with Crippen LogP contribution in [0, 0.1) is 13.8 Å². The van der Waals surface area contributed by atoms with Crippen LogP contribution < -0.4 is 4.72 Å². The maximum atomic E-state index is 12.7. The summed E-state index contributed by atoms with van der Waals surface area (Å²) in [6.07, 6.45) is 5.63. The monoisotopic (exact) mass is 353 g/mol. The van der Waals surface area contributed by atoms with Gasteiger partial charge in [-0.05, 0) is 38.1 Å². The predicted molar refractivity (Wildman–Crippen MR) is 92.3 cm³/mol. The summed E-state index contributed by atoms with van der Waals surface area (Å²) in [5.41, 5.74) is 1.04. The molecular formula is C16H23N3O2S2. The van der Waals surface area contributed by atoms with Gasteiger partial charge >= 0.3 is 0 Å². The molecule has 0 aromatic carbocycles. The number of aromatic amines is 1. The van der Waals surface area contributed by atoms with Crippen molar-refractivity contribution < 1.29 is 8.42 Å². The molecule has 0 spiro atoms. The second kappa shape index (κ2) is 6.37. The molecule has 0 unspecified atom stereocenters. The van der Waals surface area contributed by atoms with E-state index in [0.29, 0.717) is 17.9 Å². The van der Waals surface area contributed by atoms with E-state index in [0.717, 1.165) is 25.7 Å². The number of rotatable bonds is 5. The Morgan fingerprint density at radius 2 is 2.04 bits per heavy atom. The number of thiophene rings is 1. The summed E-state index contributed by atoms with van der Waals surface area (Å²) in [4.78, 5) is 1.58. The molecule has 5 nitrogen and oxygen atoms in total. The number of sulfonamides is 1. The van der Waals surface area contributed by atoms with Crippen molar-refractivity contribution in [3.63, 3.8) is 0 Å². The third kappa shape index (κ3) is 3.22. The molecule has 0 amide bonds. The number of H-pyrrole nitrogens is 1. The SMILES string of the molecule is Cc1n[nH]c(C)c1S(=O)(=O)NCC1(c2cccs2)CCCCC1. The lowest BCUT2D eigenvalue weighted by Crippen LogP contribution is -2.41. The molecule has 1 fully saturated rings. The molecule has 0 saturated heterocycles. The summed E-state index contributed by atoms with van der Waals surface area (Å²) in [5.74, 6) is 0. The Bertz CT molecular complexity index is 738. The lowest BCUT2D eigenvalue weighted by molar-refractivity contribution is 0.298. The van der Waals surface area contributed by atoms with E-state index >= 15 is 0 Å². The zero-order chi connectivity index (χ0) is 16.5. The summed E-state index contributed by atoms with van der Waals surface area (Å²) in [6.45, 7) is 3.91. The quantitative estimate of drug-likeness (QED) is 0.866. The van der Waals surface area contributed by atoms with Crippen molar-refractivity contribution in [3.8, 4) is 0 Å². The topological polar surface area (TPSA) is 74.8 Å². The summed E-state index contributed by atoms with van der Waals surface area (Å²) in [7, 11) is -3.55. The fraction of sp³-hybridized carbons (Fsp3) is 0.562. The Hall–Kier alpha value is -1.18. The number of nitrogens with zero attached hydrogens (tertiary/aromatic N) is 1. The van der Waals surface area contributed by atoms with Crippen LogP contribution in [-0.4, -0.2) is 25.2 Å². The Balaban J connectivity index is 1.85. The minimum absolute atomic E-state index is 0.0645. The number of hydrogen-bond acceptors (Lipinski definition) is 4. The molecular weight excluding hydrogens is 330 g/mol. The predicted octanol–water partition coefficient (Wildman–Crippen LogP) is 3.27. The van der Waals surface area contributed by atoms with E-state index in [1.807, 2.05) is 0 Å². The molecule has 2 heterocycles. The molecule has 2 aromatic rings. The number of hydrogen-bond donors (Lipinski definition) is 2. The van der Waals surface area contributed by atoms with Gasteiger partial charge in [-0.15, -0.1) is 11.3 Å². The molecule has 0 bridgehead atoms. The van der Waals surface area contributed by atoms with Gasteiger partial charge in [0, 0.05) is 16.8 Å². The zero-order valence-electron chi connectivity index (χ0n) is 13.6. The highest BCUT2D eigenvalue weighted by Gasteiger charge is 2.36. The van der Waals surface area contributed by atoms with Gasteiger partial charge in [-0.3, -0.25) is 5.10 Å². The van der Waals surface area contributed by atoms with Crippen LogP contribution in [0.25, 0.3) is 0 Å². The van der Waals surface area contributed by atoms with Crippen molar-refractivity contribution in [1.29, 1.82) is 0 Å². The average Bonchev–Trinajstić information content (AvgIpc) is 3.17. The molecule has 126 valence electrons. The molecule has 1 aliphatic rings. The van der Waals surface area contributed by atoms with Crippen molar-refractivity contribution >= 4 is 21.4 Å². The summed E-state index contributed by atoms with van der Waals surface area (Å²) >= 11 is 1.73. The van der Waals surface area contributed by atoms with Gasteiger partial charge in [-0.25, -0.2) is 13.1 Å². The second-order valence-corrected chi connectivity index (χ2v) is 9.06. The van der Waals surface area contributed by atoms with E-state index in [4.69, 9.17) is 0 Å². The Morgan fingerprint density at radius 1 is 1.30 bits per heavy atom. The minimum Gasteiger partial charge on any atom is -0.281 e. The van der Waals surface area contributed by atoms with E-state index in [1.54, 1.807) is 25.2 Å². The lowest BCUT2D eigenvalue weighted by Gasteiger charge is -2.36. The van der Waals surface area contributed by atoms with E-state index in [9.17, 15) is 8.42 Å². The molecule has 1 aliphatic carbocycles. The Morgan fingerprint density at radius 3 is 2.61 bits per heavy atom. The molecule has 0 atom stereocenters. The van der Waals surface area contributed by atoms with Crippen molar-refractivity contribution in [1.82, 2.24) is 14.9 Å². The van der Waals surface area contributed by atoms with Gasteiger partial charge in [0.1, 0.15) is 4.90 Å². The van der Waals surface area contributed by atoms with Crippen molar-refractivity contribution in [2.75, 3.05) is 6.54 Å². The first-order valence-electron chi connectivity index (χ1n) is 8.00. The van der Waals surface area contributed by atoms with Crippen molar-refractivity contribution in [2.24, 2.45) is 0 Å². The Kier molecular flexibility index (Phi) is 4.62. The molecule has 7 heteroatoms. The molecule has 2 aromatic heterocycles. The van der Waals surface area contributed by atoms with Crippen LogP contribution in [-0.2, 0) is 15.4 Å². The number of aromatic nitrogens is 2. The van der Waals surface area contributed by atoms with Gasteiger partial charge in [0.05, 0.1) is 11.4 Å². The van der Waals surface area contributed by atoms with Gasteiger partial charge in [-0.2, -0.15) is 5.10 Å². The summed E-state index contributed by atoms with van der Waals surface area (Å²) < 4.78 is 28.3. The highest BCUT2D eigenvalue weighted by molar-refractivity contribution is 7.89. The van der Waals surface area contributed by atoms with Crippen LogP contribution in [0.15, 0.2) is 22.4 Å². The van der Waals surface area contributed by atoms with Crippen molar-refractivity contribution in [3.05, 3.63) is 33.8 Å². The standard InChI is InChI=1S/C16H23N3O2S2/c1-12-15(13(2)19-18-12)23(20,21)17-11-16(8-4-3-5-9-16)14-7-6-10-22-14/h6-7,10,17H,3-5,8-9,11H2,1-2H3,(H,18,19). The average molecular weight is 354 g/mol. The van der Waals surface area contributed by atoms with Gasteiger partial charge in [0.2, 0.25) is 10.0 Å². The largest absolute Gasteiger partial charge is 0.281 e. The van der Waals surface area contributed by atoms with E-state index in [2.05, 4.69) is 32.4 Å². The third-order valence-electron chi connectivity index (χ3n) is 4.78. The first kappa shape index (κ1) is 16.7. The minimum atomic E-state index is -3.55. The molecule has 0 aliphatic heterocycles. The molecule has 3 rings (SSSR count). The smallest absolute Gasteiger partial charge is 0.244 e. The number of aryl methyl sites for hydroxylation is 2. The van der Waals surface area contributed by atoms with Crippen LogP contribution in [0.4, 0.5) is 0 Å². The molecule has 23 heavy (non-hydrogen) atoms. The fourth-order valence-electron chi connectivity index (χ4n) is 3.56. The first-order chi connectivity index (χ1) is 10.9. The van der Waals surface area contributed by atoms with Gasteiger partial charge < -0.3 is 0 Å². The van der Waals surface area contributed by atoms with Gasteiger partial charge in [0.15, 0.2) is 0 Å². The van der Waals surface area contributed by atoms with E-state index < -0.39 is 10.0 Å². The number of nitrogens with one attached hydrogen (secondary N) is 2. The summed E-state index contributed by atoms with van der Waals surface area (Å²) in [6, 6.07) is 4.19. The van der Waals surface area contributed by atoms with Gasteiger partial charge in [-0.1, -0.05) is 25.3 Å². The van der Waals surface area contributed by atoms with Crippen LogP contribution in [0.5, 0.6) is 0 Å². The first-order valence-corrected chi connectivity index (χ1v) is 10.4.